The molecule has 0 aromatic heterocycles. The van der Waals surface area contributed by atoms with Crippen molar-refractivity contribution in [3.63, 3.8) is 0 Å². The van der Waals surface area contributed by atoms with Crippen LogP contribution in [0, 0.1) is 34.5 Å². The first-order valence-corrected chi connectivity index (χ1v) is 10.2. The standard InChI is InChI=1S/C21H30N2O3/c1-12(24)26-18-7-6-14-13-4-5-16-19(23-22)17(25)9-11-20(16,2)15(13)8-10-21(14,18)3/h13-16,18H,4-11H2,1-3H3/t13-,14-,15-,16-,18-,20+,21-/m0/s1. The molecule has 7 atom stereocenters. The molecule has 4 rings (SSSR count). The Balaban J connectivity index is 1.63. The number of hydrogen-bond acceptors (Lipinski definition) is 3. The Morgan fingerprint density at radius 2 is 1.81 bits per heavy atom. The van der Waals surface area contributed by atoms with Gasteiger partial charge in [-0.2, -0.15) is 4.79 Å². The van der Waals surface area contributed by atoms with Crippen LogP contribution in [0.4, 0.5) is 0 Å². The van der Waals surface area contributed by atoms with Gasteiger partial charge in [-0.05, 0) is 68.1 Å². The van der Waals surface area contributed by atoms with Gasteiger partial charge in [-0.15, -0.1) is 0 Å². The molecule has 0 heterocycles. The zero-order chi connectivity index (χ0) is 18.7. The number of hydrogen-bond donors (Lipinski definition) is 0. The van der Waals surface area contributed by atoms with Crippen LogP contribution in [0.1, 0.15) is 72.1 Å². The molecule has 0 aromatic rings. The number of ether oxygens (including phenoxy) is 1. The number of carbonyl (C=O) groups is 2. The average molecular weight is 358 g/mol. The molecule has 0 saturated heterocycles. The highest BCUT2D eigenvalue weighted by atomic mass is 16.5. The number of carbonyl (C=O) groups excluding carboxylic acids is 2. The van der Waals surface area contributed by atoms with Gasteiger partial charge in [-0.1, -0.05) is 13.8 Å². The predicted molar refractivity (Wildman–Crippen MR) is 96.3 cm³/mol. The summed E-state index contributed by atoms with van der Waals surface area (Å²) in [5.41, 5.74) is 10.0. The molecule has 0 radical (unpaired) electrons. The smallest absolute Gasteiger partial charge is 0.337 e. The highest BCUT2D eigenvalue weighted by molar-refractivity contribution is 6.39. The summed E-state index contributed by atoms with van der Waals surface area (Å²) in [6.07, 6.45) is 7.81. The summed E-state index contributed by atoms with van der Waals surface area (Å²) in [6.45, 7) is 6.17. The fourth-order valence-electron chi connectivity index (χ4n) is 7.44. The van der Waals surface area contributed by atoms with Crippen molar-refractivity contribution >= 4 is 17.5 Å². The Morgan fingerprint density at radius 1 is 1.08 bits per heavy atom. The largest absolute Gasteiger partial charge is 0.462 e. The lowest BCUT2D eigenvalue weighted by Crippen LogP contribution is -2.57. The lowest BCUT2D eigenvalue weighted by Gasteiger charge is -2.58. The van der Waals surface area contributed by atoms with Crippen LogP contribution in [-0.4, -0.2) is 28.4 Å². The number of rotatable bonds is 1. The van der Waals surface area contributed by atoms with Crippen molar-refractivity contribution in [2.75, 3.05) is 0 Å². The Kier molecular flexibility index (Phi) is 4.15. The molecule has 5 heteroatoms. The molecular formula is C21H30N2O3. The zero-order valence-corrected chi connectivity index (χ0v) is 16.2. The number of Topliss-reactive ketones (excluding diaryl/α,β-unsaturated/α-hetero) is 1. The molecule has 4 aliphatic rings. The Hall–Kier alpha value is -1.48. The van der Waals surface area contributed by atoms with Gasteiger partial charge in [-0.3, -0.25) is 9.59 Å². The van der Waals surface area contributed by atoms with E-state index in [4.69, 9.17) is 4.74 Å². The van der Waals surface area contributed by atoms with Crippen molar-refractivity contribution in [1.29, 1.82) is 0 Å². The van der Waals surface area contributed by atoms with E-state index in [2.05, 4.69) is 18.6 Å². The molecule has 142 valence electrons. The normalized spacial score (nSPS) is 47.4. The summed E-state index contributed by atoms with van der Waals surface area (Å²) < 4.78 is 5.71. The van der Waals surface area contributed by atoms with Crippen molar-refractivity contribution in [3.8, 4) is 0 Å². The molecule has 4 fully saturated rings. The minimum absolute atomic E-state index is 0.0323. The van der Waals surface area contributed by atoms with Gasteiger partial charge in [0, 0.05) is 18.8 Å². The summed E-state index contributed by atoms with van der Waals surface area (Å²) >= 11 is 0. The van der Waals surface area contributed by atoms with Gasteiger partial charge in [0.05, 0.1) is 5.92 Å². The van der Waals surface area contributed by atoms with Gasteiger partial charge in [0.25, 0.3) is 0 Å². The molecule has 0 unspecified atom stereocenters. The van der Waals surface area contributed by atoms with Crippen LogP contribution in [0.3, 0.4) is 0 Å². The Bertz CT molecular complexity index is 697. The minimum Gasteiger partial charge on any atom is -0.462 e. The fourth-order valence-corrected chi connectivity index (χ4v) is 7.44. The third-order valence-electron chi connectivity index (χ3n) is 8.70. The predicted octanol–water partition coefficient (Wildman–Crippen LogP) is 3.81. The molecule has 0 aromatic carbocycles. The molecule has 0 amide bonds. The van der Waals surface area contributed by atoms with Crippen LogP contribution in [0.15, 0.2) is 0 Å². The number of esters is 1. The number of ketones is 1. The first kappa shape index (κ1) is 17.9. The fraction of sp³-hybridized carbons (Fsp3) is 0.857. The maximum absolute atomic E-state index is 12.2. The van der Waals surface area contributed by atoms with Crippen LogP contribution in [-0.2, 0) is 14.3 Å². The first-order chi connectivity index (χ1) is 12.3. The van der Waals surface area contributed by atoms with Gasteiger partial charge in [-0.25, -0.2) is 0 Å². The summed E-state index contributed by atoms with van der Waals surface area (Å²) in [7, 11) is 0. The van der Waals surface area contributed by atoms with Crippen molar-refractivity contribution in [2.24, 2.45) is 34.5 Å². The lowest BCUT2D eigenvalue weighted by molar-refractivity contribution is -0.160. The van der Waals surface area contributed by atoms with Gasteiger partial charge < -0.3 is 10.3 Å². The van der Waals surface area contributed by atoms with Gasteiger partial charge in [0.15, 0.2) is 0 Å². The van der Waals surface area contributed by atoms with Crippen LogP contribution >= 0.6 is 0 Å². The molecule has 0 spiro atoms. The summed E-state index contributed by atoms with van der Waals surface area (Å²) in [5, 5.41) is 0. The molecule has 0 aliphatic heterocycles. The van der Waals surface area contributed by atoms with Crippen LogP contribution < -0.4 is 0 Å². The van der Waals surface area contributed by atoms with Gasteiger partial charge in [0.1, 0.15) is 6.10 Å². The van der Waals surface area contributed by atoms with Crippen LogP contribution in [0.2, 0.25) is 0 Å². The maximum atomic E-state index is 12.2. The summed E-state index contributed by atoms with van der Waals surface area (Å²) in [4.78, 5) is 27.2. The second-order valence-corrected chi connectivity index (χ2v) is 9.64. The minimum atomic E-state index is -0.163. The number of fused-ring (bicyclic) bond motifs is 5. The topological polar surface area (TPSA) is 79.8 Å². The first-order valence-electron chi connectivity index (χ1n) is 10.2. The van der Waals surface area contributed by atoms with E-state index in [1.807, 2.05) is 0 Å². The second kappa shape index (κ2) is 6.02. The van der Waals surface area contributed by atoms with E-state index in [0.29, 0.717) is 29.9 Å². The van der Waals surface area contributed by atoms with Gasteiger partial charge in [0.2, 0.25) is 5.78 Å². The van der Waals surface area contributed by atoms with E-state index in [1.54, 1.807) is 0 Å². The van der Waals surface area contributed by atoms with Crippen LogP contribution in [0.5, 0.6) is 0 Å². The van der Waals surface area contributed by atoms with E-state index >= 15 is 0 Å². The highest BCUT2D eigenvalue weighted by Crippen LogP contribution is 2.65. The van der Waals surface area contributed by atoms with Crippen molar-refractivity contribution in [1.82, 2.24) is 0 Å². The number of nitrogens with zero attached hydrogens (tertiary/aromatic N) is 2. The second-order valence-electron chi connectivity index (χ2n) is 9.64. The molecule has 4 saturated carbocycles. The molecule has 5 nitrogen and oxygen atoms in total. The van der Waals surface area contributed by atoms with Crippen molar-refractivity contribution in [3.05, 3.63) is 5.53 Å². The van der Waals surface area contributed by atoms with E-state index < -0.39 is 0 Å². The van der Waals surface area contributed by atoms with E-state index in [1.165, 1.54) is 6.92 Å². The molecular weight excluding hydrogens is 328 g/mol. The third kappa shape index (κ3) is 2.36. The molecule has 0 N–H and O–H groups in total. The Morgan fingerprint density at radius 3 is 2.50 bits per heavy atom. The van der Waals surface area contributed by atoms with E-state index in [-0.39, 0.29) is 34.6 Å². The zero-order valence-electron chi connectivity index (χ0n) is 16.2. The van der Waals surface area contributed by atoms with Gasteiger partial charge >= 0.3 is 11.7 Å². The highest BCUT2D eigenvalue weighted by Gasteiger charge is 2.63. The monoisotopic (exact) mass is 358 g/mol. The summed E-state index contributed by atoms with van der Waals surface area (Å²) in [5.74, 6) is 1.76. The lowest BCUT2D eigenvalue weighted by atomic mass is 9.45. The van der Waals surface area contributed by atoms with E-state index in [0.717, 1.165) is 44.9 Å². The SMILES string of the molecule is CC(=O)O[C@H]1CC[C@H]2[C@@H]3CC[C@H]4C(=[N+]=[N-])C(=O)CC[C@]4(C)[C@H]3CC[C@]12C. The van der Waals surface area contributed by atoms with Crippen molar-refractivity contribution < 1.29 is 19.1 Å². The molecule has 4 aliphatic carbocycles. The molecule has 26 heavy (non-hydrogen) atoms. The third-order valence-corrected chi connectivity index (χ3v) is 8.70. The van der Waals surface area contributed by atoms with E-state index in [9.17, 15) is 15.1 Å². The molecule has 0 bridgehead atoms. The quantitative estimate of drug-likeness (QED) is 0.406. The van der Waals surface area contributed by atoms with Crippen LogP contribution in [0.25, 0.3) is 5.53 Å². The average Bonchev–Trinajstić information content (AvgIpc) is 2.91. The summed E-state index contributed by atoms with van der Waals surface area (Å²) in [6, 6.07) is 0. The maximum Gasteiger partial charge on any atom is 0.337 e. The van der Waals surface area contributed by atoms with Crippen molar-refractivity contribution in [2.45, 2.75) is 78.2 Å². The Labute approximate surface area is 155 Å².